The average molecular weight is 143 g/mol. The normalized spacial score (nSPS) is 25.6. The standard InChI is InChI=1S/C6H9NO3/c1-4(8)7-3-5(9)2-6(7)10/h5,9H,2-3H2,1H3. The average Bonchev–Trinajstić information content (AvgIpc) is 2.10. The highest BCUT2D eigenvalue weighted by Gasteiger charge is 2.30. The van der Waals surface area contributed by atoms with Gasteiger partial charge in [0, 0.05) is 6.92 Å². The second-order valence-corrected chi connectivity index (χ2v) is 2.38. The Balaban J connectivity index is 2.63. The quantitative estimate of drug-likeness (QED) is 0.479. The molecule has 0 aromatic rings. The van der Waals surface area contributed by atoms with Crippen LogP contribution >= 0.6 is 0 Å². The number of hydrogen-bond acceptors (Lipinski definition) is 3. The molecule has 4 nitrogen and oxygen atoms in total. The van der Waals surface area contributed by atoms with E-state index in [1.54, 1.807) is 0 Å². The van der Waals surface area contributed by atoms with E-state index < -0.39 is 6.10 Å². The van der Waals surface area contributed by atoms with E-state index in [2.05, 4.69) is 0 Å². The van der Waals surface area contributed by atoms with Crippen molar-refractivity contribution in [2.24, 2.45) is 0 Å². The molecule has 0 aromatic heterocycles. The highest BCUT2D eigenvalue weighted by Crippen LogP contribution is 2.09. The smallest absolute Gasteiger partial charge is 0.231 e. The van der Waals surface area contributed by atoms with Crippen molar-refractivity contribution in [2.45, 2.75) is 19.4 Å². The SMILES string of the molecule is CC(=O)N1CC(O)CC1=O. The molecule has 10 heavy (non-hydrogen) atoms. The number of β-amino-alcohol motifs (C(OH)–C–C–N with tert-alkyl or cyclic N) is 1. The van der Waals surface area contributed by atoms with Crippen molar-refractivity contribution in [1.82, 2.24) is 4.90 Å². The fourth-order valence-electron chi connectivity index (χ4n) is 0.993. The van der Waals surface area contributed by atoms with E-state index in [1.165, 1.54) is 6.92 Å². The van der Waals surface area contributed by atoms with Gasteiger partial charge in [-0.05, 0) is 0 Å². The van der Waals surface area contributed by atoms with Crippen LogP contribution in [0.1, 0.15) is 13.3 Å². The van der Waals surface area contributed by atoms with Crippen LogP contribution in [0.2, 0.25) is 0 Å². The van der Waals surface area contributed by atoms with E-state index in [1.807, 2.05) is 0 Å². The van der Waals surface area contributed by atoms with Crippen LogP contribution in [-0.4, -0.2) is 34.5 Å². The van der Waals surface area contributed by atoms with Gasteiger partial charge in [0.1, 0.15) is 0 Å². The summed E-state index contributed by atoms with van der Waals surface area (Å²) in [5, 5.41) is 8.90. The summed E-state index contributed by atoms with van der Waals surface area (Å²) in [5.41, 5.74) is 0. The number of amides is 2. The van der Waals surface area contributed by atoms with Gasteiger partial charge < -0.3 is 5.11 Å². The molecule has 1 atom stereocenters. The Hall–Kier alpha value is -0.900. The van der Waals surface area contributed by atoms with Crippen LogP contribution in [0.4, 0.5) is 0 Å². The predicted molar refractivity (Wildman–Crippen MR) is 33.0 cm³/mol. The number of rotatable bonds is 0. The summed E-state index contributed by atoms with van der Waals surface area (Å²) < 4.78 is 0. The van der Waals surface area contributed by atoms with Crippen LogP contribution in [0.3, 0.4) is 0 Å². The summed E-state index contributed by atoms with van der Waals surface area (Å²) in [6, 6.07) is 0. The highest BCUT2D eigenvalue weighted by molar-refractivity contribution is 5.95. The molecular weight excluding hydrogens is 134 g/mol. The summed E-state index contributed by atoms with van der Waals surface area (Å²) in [6.07, 6.45) is -0.573. The van der Waals surface area contributed by atoms with E-state index in [0.29, 0.717) is 0 Å². The molecule has 56 valence electrons. The largest absolute Gasteiger partial charge is 0.391 e. The molecule has 0 aromatic carbocycles. The van der Waals surface area contributed by atoms with Crippen molar-refractivity contribution >= 4 is 11.8 Å². The minimum absolute atomic E-state index is 0.0829. The summed E-state index contributed by atoms with van der Waals surface area (Å²) >= 11 is 0. The maximum atomic E-state index is 10.8. The third kappa shape index (κ3) is 1.16. The number of carbonyl (C=O) groups excluding carboxylic acids is 2. The molecular formula is C6H9NO3. The lowest BCUT2D eigenvalue weighted by atomic mass is 10.3. The van der Waals surface area contributed by atoms with Crippen LogP contribution in [0.5, 0.6) is 0 Å². The minimum atomic E-state index is -0.656. The first-order valence-corrected chi connectivity index (χ1v) is 3.10. The molecule has 1 N–H and O–H groups in total. The first-order valence-electron chi connectivity index (χ1n) is 3.10. The third-order valence-electron chi connectivity index (χ3n) is 1.48. The van der Waals surface area contributed by atoms with Crippen molar-refractivity contribution < 1.29 is 14.7 Å². The summed E-state index contributed by atoms with van der Waals surface area (Å²) in [7, 11) is 0. The van der Waals surface area contributed by atoms with E-state index in [9.17, 15) is 9.59 Å². The molecule has 1 saturated heterocycles. The molecule has 0 saturated carbocycles. The molecule has 1 unspecified atom stereocenters. The van der Waals surface area contributed by atoms with Gasteiger partial charge in [-0.15, -0.1) is 0 Å². The second kappa shape index (κ2) is 2.38. The molecule has 1 aliphatic heterocycles. The zero-order chi connectivity index (χ0) is 7.72. The van der Waals surface area contributed by atoms with Crippen LogP contribution in [0.15, 0.2) is 0 Å². The van der Waals surface area contributed by atoms with Crippen molar-refractivity contribution in [3.05, 3.63) is 0 Å². The Bertz CT molecular complexity index is 178. The third-order valence-corrected chi connectivity index (χ3v) is 1.48. The van der Waals surface area contributed by atoms with Crippen LogP contribution in [-0.2, 0) is 9.59 Å². The number of aliphatic hydroxyl groups is 1. The zero-order valence-corrected chi connectivity index (χ0v) is 5.70. The minimum Gasteiger partial charge on any atom is -0.391 e. The van der Waals surface area contributed by atoms with Gasteiger partial charge in [-0.3, -0.25) is 14.5 Å². The monoisotopic (exact) mass is 143 g/mol. The number of likely N-dealkylation sites (tertiary alicyclic amines) is 1. The van der Waals surface area contributed by atoms with E-state index in [-0.39, 0.29) is 24.8 Å². The van der Waals surface area contributed by atoms with Gasteiger partial charge in [-0.2, -0.15) is 0 Å². The number of nitrogens with zero attached hydrogens (tertiary/aromatic N) is 1. The first-order chi connectivity index (χ1) is 4.61. The number of hydrogen-bond donors (Lipinski definition) is 1. The van der Waals surface area contributed by atoms with Gasteiger partial charge in [0.05, 0.1) is 19.1 Å². The van der Waals surface area contributed by atoms with Crippen LogP contribution in [0, 0.1) is 0 Å². The summed E-state index contributed by atoms with van der Waals surface area (Å²) in [5.74, 6) is -0.568. The molecule has 0 bridgehead atoms. The van der Waals surface area contributed by atoms with Crippen molar-refractivity contribution in [2.75, 3.05) is 6.54 Å². The molecule has 0 aliphatic carbocycles. The van der Waals surface area contributed by atoms with Gasteiger partial charge in [0.25, 0.3) is 0 Å². The maximum absolute atomic E-state index is 10.8. The Morgan fingerprint density at radius 2 is 2.40 bits per heavy atom. The van der Waals surface area contributed by atoms with Crippen LogP contribution in [0.25, 0.3) is 0 Å². The van der Waals surface area contributed by atoms with Gasteiger partial charge in [-0.25, -0.2) is 0 Å². The molecule has 1 heterocycles. The lowest BCUT2D eigenvalue weighted by Crippen LogP contribution is -2.30. The van der Waals surface area contributed by atoms with Crippen molar-refractivity contribution in [1.29, 1.82) is 0 Å². The summed E-state index contributed by atoms with van der Waals surface area (Å²) in [6.45, 7) is 1.48. The number of imide groups is 1. The van der Waals surface area contributed by atoms with E-state index in [4.69, 9.17) is 5.11 Å². The van der Waals surface area contributed by atoms with Gasteiger partial charge >= 0.3 is 0 Å². The van der Waals surface area contributed by atoms with Gasteiger partial charge in [0.2, 0.25) is 11.8 Å². The molecule has 2 amide bonds. The van der Waals surface area contributed by atoms with Crippen LogP contribution < -0.4 is 0 Å². The lowest BCUT2D eigenvalue weighted by molar-refractivity contribution is -0.140. The lowest BCUT2D eigenvalue weighted by Gasteiger charge is -2.08. The Kier molecular flexibility index (Phi) is 1.72. The van der Waals surface area contributed by atoms with E-state index >= 15 is 0 Å². The molecule has 1 fully saturated rings. The molecule has 1 aliphatic rings. The molecule has 1 rings (SSSR count). The topological polar surface area (TPSA) is 57.6 Å². The Labute approximate surface area is 58.4 Å². The fraction of sp³-hybridized carbons (Fsp3) is 0.667. The molecule has 0 radical (unpaired) electrons. The highest BCUT2D eigenvalue weighted by atomic mass is 16.3. The second-order valence-electron chi connectivity index (χ2n) is 2.38. The van der Waals surface area contributed by atoms with Crippen molar-refractivity contribution in [3.63, 3.8) is 0 Å². The Morgan fingerprint density at radius 3 is 2.60 bits per heavy atom. The zero-order valence-electron chi connectivity index (χ0n) is 5.70. The molecule has 0 spiro atoms. The number of aliphatic hydroxyl groups excluding tert-OH is 1. The first kappa shape index (κ1) is 7.21. The Morgan fingerprint density at radius 1 is 1.80 bits per heavy atom. The maximum Gasteiger partial charge on any atom is 0.231 e. The van der Waals surface area contributed by atoms with Gasteiger partial charge in [-0.1, -0.05) is 0 Å². The fourth-order valence-corrected chi connectivity index (χ4v) is 0.993. The van der Waals surface area contributed by atoms with Gasteiger partial charge in [0.15, 0.2) is 0 Å². The summed E-state index contributed by atoms with van der Waals surface area (Å²) in [4.78, 5) is 22.4. The van der Waals surface area contributed by atoms with Crippen molar-refractivity contribution in [3.8, 4) is 0 Å². The predicted octanol–water partition coefficient (Wildman–Crippen LogP) is -0.874. The molecule has 4 heteroatoms. The number of carbonyl (C=O) groups is 2. The van der Waals surface area contributed by atoms with E-state index in [0.717, 1.165) is 4.90 Å².